The van der Waals surface area contributed by atoms with E-state index in [2.05, 4.69) is 15.5 Å². The van der Waals surface area contributed by atoms with E-state index in [0.29, 0.717) is 0 Å². The third-order valence-corrected chi connectivity index (χ3v) is 1.84. The van der Waals surface area contributed by atoms with Gasteiger partial charge < -0.3 is 5.32 Å². The van der Waals surface area contributed by atoms with Crippen LogP contribution in [0.5, 0.6) is 0 Å². The van der Waals surface area contributed by atoms with Gasteiger partial charge in [-0.15, -0.1) is 12.4 Å². The van der Waals surface area contributed by atoms with Crippen molar-refractivity contribution in [2.45, 2.75) is 13.0 Å². The SMILES string of the molecule is Cl.O=c1cc2c(n[nH]1)CNCC2. The Morgan fingerprint density at radius 3 is 3.17 bits per heavy atom. The summed E-state index contributed by atoms with van der Waals surface area (Å²) in [6.07, 6.45) is 0.909. The minimum Gasteiger partial charge on any atom is -0.311 e. The largest absolute Gasteiger partial charge is 0.311 e. The first-order valence-corrected chi connectivity index (χ1v) is 3.64. The Hall–Kier alpha value is -0.870. The highest BCUT2D eigenvalue weighted by Crippen LogP contribution is 2.05. The van der Waals surface area contributed by atoms with Gasteiger partial charge in [0.05, 0.1) is 5.69 Å². The Kier molecular flexibility index (Phi) is 2.83. The van der Waals surface area contributed by atoms with E-state index in [9.17, 15) is 4.79 Å². The Labute approximate surface area is 75.8 Å². The summed E-state index contributed by atoms with van der Waals surface area (Å²) in [5, 5.41) is 9.51. The van der Waals surface area contributed by atoms with Gasteiger partial charge in [0.1, 0.15) is 0 Å². The Balaban J connectivity index is 0.000000720. The molecule has 5 heteroatoms. The van der Waals surface area contributed by atoms with Crippen molar-refractivity contribution in [3.8, 4) is 0 Å². The van der Waals surface area contributed by atoms with Crippen LogP contribution >= 0.6 is 12.4 Å². The van der Waals surface area contributed by atoms with Gasteiger partial charge in [0, 0.05) is 12.6 Å². The summed E-state index contributed by atoms with van der Waals surface area (Å²) >= 11 is 0. The molecule has 0 unspecified atom stereocenters. The van der Waals surface area contributed by atoms with Crippen LogP contribution in [0.1, 0.15) is 11.3 Å². The van der Waals surface area contributed by atoms with E-state index < -0.39 is 0 Å². The molecule has 0 radical (unpaired) electrons. The lowest BCUT2D eigenvalue weighted by Crippen LogP contribution is -2.27. The monoisotopic (exact) mass is 187 g/mol. The minimum absolute atomic E-state index is 0. The van der Waals surface area contributed by atoms with Crippen LogP contribution in [-0.4, -0.2) is 16.7 Å². The van der Waals surface area contributed by atoms with Gasteiger partial charge in [-0.25, -0.2) is 5.10 Å². The molecule has 1 aliphatic heterocycles. The summed E-state index contributed by atoms with van der Waals surface area (Å²) in [6.45, 7) is 1.71. The summed E-state index contributed by atoms with van der Waals surface area (Å²) in [6, 6.07) is 1.63. The summed E-state index contributed by atoms with van der Waals surface area (Å²) < 4.78 is 0. The van der Waals surface area contributed by atoms with Gasteiger partial charge in [-0.2, -0.15) is 5.10 Å². The van der Waals surface area contributed by atoms with Crippen LogP contribution in [-0.2, 0) is 13.0 Å². The fourth-order valence-corrected chi connectivity index (χ4v) is 1.27. The van der Waals surface area contributed by atoms with Crippen LogP contribution in [0.2, 0.25) is 0 Å². The zero-order valence-corrected chi connectivity index (χ0v) is 7.28. The highest BCUT2D eigenvalue weighted by Gasteiger charge is 2.09. The molecule has 0 atom stereocenters. The van der Waals surface area contributed by atoms with Gasteiger partial charge in [0.15, 0.2) is 0 Å². The maximum atomic E-state index is 10.8. The number of nitrogens with one attached hydrogen (secondary N) is 2. The molecule has 0 aromatic carbocycles. The smallest absolute Gasteiger partial charge is 0.264 e. The van der Waals surface area contributed by atoms with Crippen LogP contribution in [0.3, 0.4) is 0 Å². The van der Waals surface area contributed by atoms with Crippen molar-refractivity contribution >= 4 is 12.4 Å². The molecule has 4 nitrogen and oxygen atoms in total. The Morgan fingerprint density at radius 2 is 2.33 bits per heavy atom. The molecule has 1 aromatic rings. The lowest BCUT2D eigenvalue weighted by molar-refractivity contribution is 0.613. The molecule has 2 rings (SSSR count). The molecule has 1 aromatic heterocycles. The lowest BCUT2D eigenvalue weighted by atomic mass is 10.1. The van der Waals surface area contributed by atoms with E-state index in [1.54, 1.807) is 6.07 Å². The van der Waals surface area contributed by atoms with Crippen molar-refractivity contribution in [2.75, 3.05) is 6.54 Å². The van der Waals surface area contributed by atoms with E-state index >= 15 is 0 Å². The van der Waals surface area contributed by atoms with Gasteiger partial charge in [0.2, 0.25) is 0 Å². The summed E-state index contributed by atoms with van der Waals surface area (Å²) in [5.74, 6) is 0. The highest BCUT2D eigenvalue weighted by molar-refractivity contribution is 5.85. The first-order chi connectivity index (χ1) is 5.36. The maximum Gasteiger partial charge on any atom is 0.264 e. The van der Waals surface area contributed by atoms with Crippen LogP contribution in [0.25, 0.3) is 0 Å². The molecule has 2 N–H and O–H groups in total. The maximum absolute atomic E-state index is 10.8. The van der Waals surface area contributed by atoms with Crippen molar-refractivity contribution < 1.29 is 0 Å². The molecule has 1 aliphatic rings. The number of fused-ring (bicyclic) bond motifs is 1. The predicted octanol–water partition coefficient (Wildman–Crippen LogP) is -0.163. The number of H-pyrrole nitrogens is 1. The van der Waals surface area contributed by atoms with Gasteiger partial charge in [-0.3, -0.25) is 4.79 Å². The number of hydrogen-bond acceptors (Lipinski definition) is 3. The zero-order valence-electron chi connectivity index (χ0n) is 6.46. The van der Waals surface area contributed by atoms with Crippen molar-refractivity contribution in [1.82, 2.24) is 15.5 Å². The van der Waals surface area contributed by atoms with Gasteiger partial charge in [0.25, 0.3) is 5.56 Å². The predicted molar refractivity (Wildman–Crippen MR) is 47.5 cm³/mol. The second kappa shape index (κ2) is 3.69. The van der Waals surface area contributed by atoms with E-state index in [1.165, 1.54) is 0 Å². The van der Waals surface area contributed by atoms with Crippen molar-refractivity contribution in [3.05, 3.63) is 27.7 Å². The van der Waals surface area contributed by atoms with Gasteiger partial charge in [-0.05, 0) is 18.5 Å². The molecule has 0 bridgehead atoms. The second-order valence-electron chi connectivity index (χ2n) is 2.63. The molecule has 12 heavy (non-hydrogen) atoms. The molecule has 2 heterocycles. The number of rotatable bonds is 0. The second-order valence-corrected chi connectivity index (χ2v) is 2.63. The van der Waals surface area contributed by atoms with Crippen LogP contribution in [0.15, 0.2) is 10.9 Å². The minimum atomic E-state index is -0.106. The molecule has 0 aliphatic carbocycles. The first kappa shape index (κ1) is 9.22. The third kappa shape index (κ3) is 1.65. The van der Waals surface area contributed by atoms with Crippen LogP contribution < -0.4 is 10.9 Å². The zero-order chi connectivity index (χ0) is 7.68. The average molecular weight is 188 g/mol. The molecule has 0 saturated carbocycles. The van der Waals surface area contributed by atoms with E-state index in [4.69, 9.17) is 0 Å². The lowest BCUT2D eigenvalue weighted by Gasteiger charge is -2.13. The van der Waals surface area contributed by atoms with Gasteiger partial charge >= 0.3 is 0 Å². The fraction of sp³-hybridized carbons (Fsp3) is 0.429. The average Bonchev–Trinajstić information content (AvgIpc) is 2.04. The molecule has 0 fully saturated rings. The topological polar surface area (TPSA) is 57.8 Å². The van der Waals surface area contributed by atoms with Crippen molar-refractivity contribution in [2.24, 2.45) is 0 Å². The molecule has 0 spiro atoms. The summed E-state index contributed by atoms with van der Waals surface area (Å²) in [4.78, 5) is 10.8. The number of aromatic nitrogens is 2. The number of hydrogen-bond donors (Lipinski definition) is 2. The van der Waals surface area contributed by atoms with E-state index in [1.807, 2.05) is 0 Å². The molecule has 0 amide bonds. The number of halogens is 1. The van der Waals surface area contributed by atoms with Crippen LogP contribution in [0, 0.1) is 0 Å². The normalized spacial score (nSPS) is 14.7. The number of aromatic amines is 1. The van der Waals surface area contributed by atoms with E-state index in [-0.39, 0.29) is 18.0 Å². The van der Waals surface area contributed by atoms with Crippen molar-refractivity contribution in [3.63, 3.8) is 0 Å². The quantitative estimate of drug-likeness (QED) is 0.594. The number of nitrogens with zero attached hydrogens (tertiary/aromatic N) is 1. The Bertz CT molecular complexity index is 323. The summed E-state index contributed by atoms with van der Waals surface area (Å²) in [5.41, 5.74) is 1.94. The molecular weight excluding hydrogens is 178 g/mol. The fourth-order valence-electron chi connectivity index (χ4n) is 1.27. The van der Waals surface area contributed by atoms with Crippen molar-refractivity contribution in [1.29, 1.82) is 0 Å². The van der Waals surface area contributed by atoms with E-state index in [0.717, 1.165) is 30.8 Å². The van der Waals surface area contributed by atoms with Gasteiger partial charge in [-0.1, -0.05) is 0 Å². The highest BCUT2D eigenvalue weighted by atomic mass is 35.5. The molecule has 66 valence electrons. The molecular formula is C7H10ClN3O. The van der Waals surface area contributed by atoms with Crippen LogP contribution in [0.4, 0.5) is 0 Å². The standard InChI is InChI=1S/C7H9N3O.ClH/c11-7-3-5-1-2-8-4-6(5)9-10-7;/h3,8H,1-2,4H2,(H,10,11);1H. The first-order valence-electron chi connectivity index (χ1n) is 3.64. The third-order valence-electron chi connectivity index (χ3n) is 1.84. The molecule has 0 saturated heterocycles. The summed E-state index contributed by atoms with van der Waals surface area (Å²) in [7, 11) is 0. The Morgan fingerprint density at radius 1 is 1.50 bits per heavy atom.